The van der Waals surface area contributed by atoms with E-state index in [9.17, 15) is 10.2 Å². The van der Waals surface area contributed by atoms with Crippen molar-refractivity contribution in [2.24, 2.45) is 0 Å². The van der Waals surface area contributed by atoms with Gasteiger partial charge < -0.3 is 0 Å². The number of rotatable bonds is 2. The first-order valence-corrected chi connectivity index (χ1v) is 14.5. The van der Waals surface area contributed by atoms with Crippen molar-refractivity contribution < 1.29 is 32.9 Å². The second-order valence-electron chi connectivity index (χ2n) is 10.3. The minimum atomic E-state index is -0.165. The molecule has 30 heavy (non-hydrogen) atoms. The van der Waals surface area contributed by atoms with Gasteiger partial charge in [0.1, 0.15) is 0 Å². The van der Waals surface area contributed by atoms with Crippen molar-refractivity contribution >= 4 is 16.9 Å². The first-order chi connectivity index (χ1) is 13.7. The van der Waals surface area contributed by atoms with Gasteiger partial charge in [-0.1, -0.05) is 0 Å². The summed E-state index contributed by atoms with van der Waals surface area (Å²) in [5, 5.41) is 22.3. The molecule has 2 aromatic rings. The second kappa shape index (κ2) is 8.02. The van der Waals surface area contributed by atoms with Crippen molar-refractivity contribution in [3.63, 3.8) is 0 Å². The summed E-state index contributed by atoms with van der Waals surface area (Å²) in [7, 11) is -0.165. The average Bonchev–Trinajstić information content (AvgIpc) is 2.97. The topological polar surface area (TPSA) is 40.5 Å². The molecular formula is C26H32O2SZr+2. The number of hydrogen-bond donors (Lipinski definition) is 2. The normalized spacial score (nSPS) is 15.4. The van der Waals surface area contributed by atoms with Crippen LogP contribution in [-0.2, 0) is 33.5 Å². The quantitative estimate of drug-likeness (QED) is 0.451. The zero-order valence-electron chi connectivity index (χ0n) is 19.3. The maximum absolute atomic E-state index is 11.1. The van der Waals surface area contributed by atoms with Crippen molar-refractivity contribution in [3.05, 3.63) is 69.8 Å². The molecule has 1 heterocycles. The van der Waals surface area contributed by atoms with E-state index in [1.807, 2.05) is 0 Å². The van der Waals surface area contributed by atoms with Crippen molar-refractivity contribution in [2.75, 3.05) is 0 Å². The number of benzene rings is 2. The molecule has 2 aromatic carbocycles. The fourth-order valence-corrected chi connectivity index (χ4v) is 7.90. The molecule has 0 saturated carbocycles. The number of aromatic hydroxyl groups is 2. The summed E-state index contributed by atoms with van der Waals surface area (Å²) in [5.74, 6) is 0.774. The van der Waals surface area contributed by atoms with E-state index in [2.05, 4.69) is 91.8 Å². The third kappa shape index (κ3) is 4.37. The Labute approximate surface area is 196 Å². The minimum absolute atomic E-state index is 0.129. The molecule has 4 heteroatoms. The van der Waals surface area contributed by atoms with Crippen molar-refractivity contribution in [2.45, 2.75) is 66.2 Å². The third-order valence-corrected chi connectivity index (χ3v) is 10.3. The molecule has 0 spiro atoms. The molecule has 0 aliphatic carbocycles. The number of aryl methyl sites for hydroxylation is 2. The Morgan fingerprint density at radius 1 is 0.667 bits per heavy atom. The summed E-state index contributed by atoms with van der Waals surface area (Å²) in [5.41, 5.74) is 5.86. The van der Waals surface area contributed by atoms with Crippen LogP contribution in [0.25, 0.3) is 9.81 Å². The van der Waals surface area contributed by atoms with Gasteiger partial charge in [-0.2, -0.15) is 0 Å². The van der Waals surface area contributed by atoms with Gasteiger partial charge in [0.25, 0.3) is 0 Å². The van der Waals surface area contributed by atoms with E-state index in [0.29, 0.717) is 11.5 Å². The molecule has 0 unspecified atom stereocenters. The second-order valence-corrected chi connectivity index (χ2v) is 14.8. The van der Waals surface area contributed by atoms with Crippen molar-refractivity contribution in [1.29, 1.82) is 0 Å². The van der Waals surface area contributed by atoms with Crippen LogP contribution in [0.3, 0.4) is 0 Å². The Kier molecular flexibility index (Phi) is 6.26. The predicted molar refractivity (Wildman–Crippen MR) is 127 cm³/mol. The molecule has 0 atom stereocenters. The fourth-order valence-electron chi connectivity index (χ4n) is 3.88. The number of phenolic OH excluding ortho intramolecular Hbond substituents is 2. The molecule has 0 aromatic heterocycles. The molecule has 2 nitrogen and oxygen atoms in total. The molecule has 0 bridgehead atoms. The third-order valence-electron chi connectivity index (χ3n) is 5.48. The Hall–Kier alpha value is -1.25. The summed E-state index contributed by atoms with van der Waals surface area (Å²) < 4.78 is 0. The van der Waals surface area contributed by atoms with Crippen LogP contribution in [0.2, 0.25) is 0 Å². The fraction of sp³-hybridized carbons (Fsp3) is 0.385. The van der Waals surface area contributed by atoms with E-state index < -0.39 is 0 Å². The van der Waals surface area contributed by atoms with Gasteiger partial charge in [0.15, 0.2) is 0 Å². The zero-order valence-corrected chi connectivity index (χ0v) is 22.5. The molecule has 0 fully saturated rings. The molecule has 1 aliphatic heterocycles. The van der Waals surface area contributed by atoms with Gasteiger partial charge in [-0.15, -0.1) is 0 Å². The molecule has 156 valence electrons. The number of hydrogen-bond acceptors (Lipinski definition) is 2. The summed E-state index contributed by atoms with van der Waals surface area (Å²) in [6.07, 6.45) is 4.26. The summed E-state index contributed by atoms with van der Waals surface area (Å²) in [6.45, 7) is 17.0. The van der Waals surface area contributed by atoms with Gasteiger partial charge in [0.2, 0.25) is 0 Å². The molecule has 0 saturated heterocycles. The first-order valence-electron chi connectivity index (χ1n) is 10.3. The average molecular weight is 500 g/mol. The van der Waals surface area contributed by atoms with Gasteiger partial charge >= 0.3 is 197 Å². The Morgan fingerprint density at radius 3 is 1.30 bits per heavy atom. The standard InChI is InChI=1S/C26H32O2S.Zr/c1-15-11-17(23(27)19(13-15)25(3,4)5)21-9-10-22(29-21)18-12-16(2)14-20(24(18)28)26(6,7)8;/h9-14,27-28H,1-8H3;/q;+2. The Bertz CT molecular complexity index is 1020. The summed E-state index contributed by atoms with van der Waals surface area (Å²) >= 11 is 1.37. The van der Waals surface area contributed by atoms with Crippen LogP contribution in [0.5, 0.6) is 11.5 Å². The van der Waals surface area contributed by atoms with Crippen molar-refractivity contribution in [3.8, 4) is 11.5 Å². The van der Waals surface area contributed by atoms with Gasteiger partial charge in [0, 0.05) is 0 Å². The predicted octanol–water partition coefficient (Wildman–Crippen LogP) is 7.44. The Balaban J connectivity index is 2.09. The van der Waals surface area contributed by atoms with Crippen LogP contribution >= 0.6 is 7.12 Å². The van der Waals surface area contributed by atoms with E-state index in [1.54, 1.807) is 0 Å². The molecule has 3 rings (SSSR count). The van der Waals surface area contributed by atoms with Crippen LogP contribution in [0.15, 0.2) is 36.4 Å². The van der Waals surface area contributed by atoms with Gasteiger partial charge in [-0.3, -0.25) is 0 Å². The Morgan fingerprint density at radius 2 is 1.00 bits per heavy atom. The molecule has 0 radical (unpaired) electrons. The van der Waals surface area contributed by atoms with Gasteiger partial charge in [0.05, 0.1) is 0 Å². The SMILES string of the molecule is Cc1cc(C2=CC=C(c3cc(C)cc(C(C)(C)C)c3O)[S]2=[Zr+2])c(O)c(C(C)(C)C)c1. The van der Waals surface area contributed by atoms with Crippen LogP contribution in [0.1, 0.15) is 74.9 Å². The van der Waals surface area contributed by atoms with Crippen molar-refractivity contribution in [1.82, 2.24) is 0 Å². The maximum atomic E-state index is 11.1. The molecule has 0 amide bonds. The number of allylic oxidation sites excluding steroid dienone is 2. The van der Waals surface area contributed by atoms with Crippen LogP contribution in [0.4, 0.5) is 0 Å². The molecule has 2 N–H and O–H groups in total. The van der Waals surface area contributed by atoms with E-state index in [-0.39, 0.29) is 18.0 Å². The summed E-state index contributed by atoms with van der Waals surface area (Å²) in [6, 6.07) is 8.36. The molecule has 1 aliphatic rings. The monoisotopic (exact) mass is 498 g/mol. The summed E-state index contributed by atoms with van der Waals surface area (Å²) in [4.78, 5) is 2.32. The molecular weight excluding hydrogens is 468 g/mol. The first kappa shape index (κ1) is 23.4. The van der Waals surface area contributed by atoms with E-state index in [0.717, 1.165) is 43.2 Å². The van der Waals surface area contributed by atoms with E-state index in [4.69, 9.17) is 0 Å². The van der Waals surface area contributed by atoms with Crippen LogP contribution in [-0.4, -0.2) is 10.2 Å². The van der Waals surface area contributed by atoms with Crippen LogP contribution in [0, 0.1) is 13.8 Å². The van der Waals surface area contributed by atoms with Crippen LogP contribution < -0.4 is 0 Å². The van der Waals surface area contributed by atoms with Gasteiger partial charge in [-0.05, 0) is 0 Å². The van der Waals surface area contributed by atoms with E-state index in [1.165, 1.54) is 22.7 Å². The van der Waals surface area contributed by atoms with E-state index >= 15 is 0 Å². The zero-order chi connectivity index (χ0) is 22.6. The van der Waals surface area contributed by atoms with Gasteiger partial charge in [-0.25, -0.2) is 0 Å². The number of phenols is 2.